The molecule has 1 aliphatic heterocycles. The van der Waals surface area contributed by atoms with Crippen LogP contribution in [0.15, 0.2) is 11.8 Å². The van der Waals surface area contributed by atoms with Gasteiger partial charge in [0.1, 0.15) is 5.76 Å². The minimum Gasteiger partial charge on any atom is -0.457 e. The lowest BCUT2D eigenvalue weighted by molar-refractivity contribution is -0.206. The SMILES string of the molecule is C#CCCCCC1=CC(=O)OC(C)(C)O1. The van der Waals surface area contributed by atoms with Crippen LogP contribution in [0.2, 0.25) is 0 Å². The minimum atomic E-state index is -0.840. The summed E-state index contributed by atoms with van der Waals surface area (Å²) in [6, 6.07) is 0. The van der Waals surface area contributed by atoms with E-state index >= 15 is 0 Å². The maximum Gasteiger partial charge on any atom is 0.337 e. The average molecular weight is 208 g/mol. The number of allylic oxidation sites excluding steroid dienone is 1. The summed E-state index contributed by atoms with van der Waals surface area (Å²) in [5, 5.41) is 0. The van der Waals surface area contributed by atoms with Crippen molar-refractivity contribution >= 4 is 5.97 Å². The molecule has 0 fully saturated rings. The van der Waals surface area contributed by atoms with Crippen molar-refractivity contribution in [2.45, 2.75) is 45.3 Å². The van der Waals surface area contributed by atoms with E-state index in [1.807, 2.05) is 0 Å². The lowest BCUT2D eigenvalue weighted by Crippen LogP contribution is -2.34. The van der Waals surface area contributed by atoms with Gasteiger partial charge in [0.15, 0.2) is 0 Å². The average Bonchev–Trinajstić information content (AvgIpc) is 2.09. The van der Waals surface area contributed by atoms with E-state index in [0.29, 0.717) is 5.76 Å². The molecule has 0 N–H and O–H groups in total. The Hall–Kier alpha value is -1.43. The second-order valence-corrected chi connectivity index (χ2v) is 3.94. The number of ether oxygens (including phenoxy) is 2. The Morgan fingerprint density at radius 3 is 2.73 bits per heavy atom. The summed E-state index contributed by atoms with van der Waals surface area (Å²) in [6.07, 6.45) is 9.93. The van der Waals surface area contributed by atoms with E-state index in [2.05, 4.69) is 5.92 Å². The van der Waals surface area contributed by atoms with Gasteiger partial charge in [0, 0.05) is 26.7 Å². The highest BCUT2D eigenvalue weighted by Gasteiger charge is 2.29. The molecule has 0 amide bonds. The Balaban J connectivity index is 2.42. The molecule has 0 atom stereocenters. The van der Waals surface area contributed by atoms with Gasteiger partial charge in [-0.3, -0.25) is 0 Å². The second kappa shape index (κ2) is 4.88. The third-order valence-electron chi connectivity index (χ3n) is 2.00. The van der Waals surface area contributed by atoms with Gasteiger partial charge in [-0.05, 0) is 12.8 Å². The van der Waals surface area contributed by atoms with Crippen molar-refractivity contribution in [1.82, 2.24) is 0 Å². The standard InChI is InChI=1S/C12H16O3/c1-4-5-6-7-8-10-9-11(13)15-12(2,3)14-10/h1,9H,5-8H2,2-3H3. The zero-order valence-corrected chi connectivity index (χ0v) is 9.21. The number of unbranched alkanes of at least 4 members (excludes halogenated alkanes) is 2. The molecule has 0 radical (unpaired) electrons. The number of hydrogen-bond acceptors (Lipinski definition) is 3. The first-order valence-electron chi connectivity index (χ1n) is 5.09. The number of carbonyl (C=O) groups excluding carboxylic acids is 1. The van der Waals surface area contributed by atoms with Crippen molar-refractivity contribution in [3.63, 3.8) is 0 Å². The molecule has 0 spiro atoms. The third kappa shape index (κ3) is 4.07. The molecule has 1 heterocycles. The lowest BCUT2D eigenvalue weighted by Gasteiger charge is -2.30. The molecule has 0 saturated carbocycles. The Morgan fingerprint density at radius 2 is 2.13 bits per heavy atom. The van der Waals surface area contributed by atoms with E-state index in [1.54, 1.807) is 13.8 Å². The molecule has 15 heavy (non-hydrogen) atoms. The fraction of sp³-hybridized carbons (Fsp3) is 0.583. The molecular formula is C12H16O3. The number of cyclic esters (lactones) is 1. The van der Waals surface area contributed by atoms with E-state index in [0.717, 1.165) is 25.7 Å². The van der Waals surface area contributed by atoms with Crippen molar-refractivity contribution in [3.05, 3.63) is 11.8 Å². The van der Waals surface area contributed by atoms with Crippen LogP contribution in [0.3, 0.4) is 0 Å². The van der Waals surface area contributed by atoms with Gasteiger partial charge in [-0.1, -0.05) is 0 Å². The highest BCUT2D eigenvalue weighted by molar-refractivity contribution is 5.83. The van der Waals surface area contributed by atoms with Crippen molar-refractivity contribution in [2.75, 3.05) is 0 Å². The first kappa shape index (κ1) is 11.6. The van der Waals surface area contributed by atoms with E-state index in [9.17, 15) is 4.79 Å². The topological polar surface area (TPSA) is 35.5 Å². The van der Waals surface area contributed by atoms with Crippen LogP contribution in [-0.2, 0) is 14.3 Å². The molecule has 0 bridgehead atoms. The molecule has 0 aromatic rings. The van der Waals surface area contributed by atoms with Crippen LogP contribution < -0.4 is 0 Å². The van der Waals surface area contributed by atoms with Crippen LogP contribution in [0.1, 0.15) is 39.5 Å². The molecule has 0 saturated heterocycles. The molecule has 82 valence electrons. The summed E-state index contributed by atoms with van der Waals surface area (Å²) in [6.45, 7) is 3.44. The predicted octanol–water partition coefficient (Wildman–Crippen LogP) is 2.37. The summed E-state index contributed by atoms with van der Waals surface area (Å²) in [5.74, 6) is 2.09. The second-order valence-electron chi connectivity index (χ2n) is 3.94. The maximum atomic E-state index is 11.2. The first-order valence-corrected chi connectivity index (χ1v) is 5.09. The van der Waals surface area contributed by atoms with Crippen molar-refractivity contribution in [1.29, 1.82) is 0 Å². The fourth-order valence-electron chi connectivity index (χ4n) is 1.42. The Labute approximate surface area is 90.4 Å². The Kier molecular flexibility index (Phi) is 3.79. The molecule has 0 unspecified atom stereocenters. The summed E-state index contributed by atoms with van der Waals surface area (Å²) in [5.41, 5.74) is 0. The summed E-state index contributed by atoms with van der Waals surface area (Å²) >= 11 is 0. The molecule has 3 heteroatoms. The van der Waals surface area contributed by atoms with Crippen LogP contribution in [0, 0.1) is 12.3 Å². The monoisotopic (exact) mass is 208 g/mol. The predicted molar refractivity (Wildman–Crippen MR) is 56.6 cm³/mol. The van der Waals surface area contributed by atoms with Gasteiger partial charge < -0.3 is 9.47 Å². The Morgan fingerprint density at radius 1 is 1.40 bits per heavy atom. The number of terminal acetylenes is 1. The van der Waals surface area contributed by atoms with Crippen molar-refractivity contribution < 1.29 is 14.3 Å². The quantitative estimate of drug-likeness (QED) is 0.404. The summed E-state index contributed by atoms with van der Waals surface area (Å²) in [4.78, 5) is 11.2. The number of hydrogen-bond donors (Lipinski definition) is 0. The summed E-state index contributed by atoms with van der Waals surface area (Å²) in [7, 11) is 0. The van der Waals surface area contributed by atoms with E-state index < -0.39 is 5.79 Å². The van der Waals surface area contributed by atoms with E-state index in [4.69, 9.17) is 15.9 Å². The minimum absolute atomic E-state index is 0.335. The van der Waals surface area contributed by atoms with Gasteiger partial charge >= 0.3 is 5.97 Å². The molecule has 1 aliphatic rings. The van der Waals surface area contributed by atoms with Crippen molar-refractivity contribution in [2.24, 2.45) is 0 Å². The van der Waals surface area contributed by atoms with Gasteiger partial charge in [-0.15, -0.1) is 12.3 Å². The van der Waals surface area contributed by atoms with Crippen LogP contribution in [0.5, 0.6) is 0 Å². The van der Waals surface area contributed by atoms with Crippen molar-refractivity contribution in [3.8, 4) is 12.3 Å². The van der Waals surface area contributed by atoms with Crippen LogP contribution >= 0.6 is 0 Å². The number of rotatable bonds is 4. The molecular weight excluding hydrogens is 192 g/mol. The fourth-order valence-corrected chi connectivity index (χ4v) is 1.42. The van der Waals surface area contributed by atoms with Crippen LogP contribution in [0.25, 0.3) is 0 Å². The van der Waals surface area contributed by atoms with E-state index in [1.165, 1.54) is 6.08 Å². The van der Waals surface area contributed by atoms with Gasteiger partial charge in [0.2, 0.25) is 5.79 Å². The molecule has 0 aromatic carbocycles. The van der Waals surface area contributed by atoms with E-state index in [-0.39, 0.29) is 5.97 Å². The largest absolute Gasteiger partial charge is 0.457 e. The van der Waals surface area contributed by atoms with Crippen LogP contribution in [0.4, 0.5) is 0 Å². The third-order valence-corrected chi connectivity index (χ3v) is 2.00. The Bertz CT molecular complexity index is 307. The highest BCUT2D eigenvalue weighted by Crippen LogP contribution is 2.24. The smallest absolute Gasteiger partial charge is 0.337 e. The number of carbonyl (C=O) groups is 1. The number of esters is 1. The zero-order valence-electron chi connectivity index (χ0n) is 9.21. The first-order chi connectivity index (χ1) is 7.03. The maximum absolute atomic E-state index is 11.2. The van der Waals surface area contributed by atoms with Gasteiger partial charge in [0.05, 0.1) is 6.08 Å². The molecule has 0 aliphatic carbocycles. The normalized spacial score (nSPS) is 18.5. The highest BCUT2D eigenvalue weighted by atomic mass is 16.7. The molecule has 1 rings (SSSR count). The van der Waals surface area contributed by atoms with Gasteiger partial charge in [-0.25, -0.2) is 4.79 Å². The molecule has 3 nitrogen and oxygen atoms in total. The van der Waals surface area contributed by atoms with Gasteiger partial charge in [0.25, 0.3) is 0 Å². The summed E-state index contributed by atoms with van der Waals surface area (Å²) < 4.78 is 10.5. The van der Waals surface area contributed by atoms with Gasteiger partial charge in [-0.2, -0.15) is 0 Å². The lowest BCUT2D eigenvalue weighted by atomic mass is 10.1. The van der Waals surface area contributed by atoms with Crippen LogP contribution in [-0.4, -0.2) is 11.8 Å². The zero-order chi connectivity index (χ0) is 11.3. The molecule has 0 aromatic heterocycles.